The van der Waals surface area contributed by atoms with Crippen LogP contribution in [0.15, 0.2) is 48.7 Å². The van der Waals surface area contributed by atoms with Crippen LogP contribution in [0.2, 0.25) is 0 Å². The third-order valence-corrected chi connectivity index (χ3v) is 6.60. The zero-order valence-electron chi connectivity index (χ0n) is 19.6. The van der Waals surface area contributed by atoms with Crippen molar-refractivity contribution < 1.29 is 14.7 Å². The van der Waals surface area contributed by atoms with Crippen LogP contribution in [0.5, 0.6) is 0 Å². The molecule has 2 aliphatic heterocycles. The monoisotopic (exact) mass is 459 g/mol. The average molecular weight is 460 g/mol. The second-order valence-corrected chi connectivity index (χ2v) is 9.53. The fourth-order valence-corrected chi connectivity index (χ4v) is 4.82. The van der Waals surface area contributed by atoms with E-state index in [1.54, 1.807) is 11.1 Å². The van der Waals surface area contributed by atoms with Gasteiger partial charge in [-0.2, -0.15) is 5.10 Å². The number of fused-ring (bicyclic) bond motifs is 2. The fraction of sp³-hybridized carbons (Fsp3) is 0.385. The van der Waals surface area contributed by atoms with Gasteiger partial charge < -0.3 is 14.9 Å². The van der Waals surface area contributed by atoms with Crippen LogP contribution in [0.25, 0.3) is 0 Å². The van der Waals surface area contributed by atoms with Crippen molar-refractivity contribution in [3.63, 3.8) is 0 Å². The SMILES string of the molecule is CC(C)(O)C(=O)N1CCc2c(c(C(=O)N3CCc4ccccc4C3)nn2Cc2ccccn2)C1. The quantitative estimate of drug-likeness (QED) is 0.646. The first-order valence-electron chi connectivity index (χ1n) is 11.7. The molecule has 8 heteroatoms. The van der Waals surface area contributed by atoms with Crippen LogP contribution in [0.3, 0.4) is 0 Å². The van der Waals surface area contributed by atoms with Crippen molar-refractivity contribution in [1.29, 1.82) is 0 Å². The van der Waals surface area contributed by atoms with Crippen LogP contribution < -0.4 is 0 Å². The average Bonchev–Trinajstić information content (AvgIpc) is 3.20. The van der Waals surface area contributed by atoms with Crippen LogP contribution in [0, 0.1) is 0 Å². The van der Waals surface area contributed by atoms with Gasteiger partial charge in [-0.3, -0.25) is 19.3 Å². The minimum Gasteiger partial charge on any atom is -0.381 e. The first-order chi connectivity index (χ1) is 16.3. The molecule has 1 N–H and O–H groups in total. The highest BCUT2D eigenvalue weighted by Gasteiger charge is 2.36. The molecule has 3 aromatic rings. The van der Waals surface area contributed by atoms with Crippen molar-refractivity contribution in [3.8, 4) is 0 Å². The summed E-state index contributed by atoms with van der Waals surface area (Å²) in [6.07, 6.45) is 3.11. The number of pyridine rings is 1. The van der Waals surface area contributed by atoms with Crippen LogP contribution >= 0.6 is 0 Å². The molecule has 8 nitrogen and oxygen atoms in total. The van der Waals surface area contributed by atoms with E-state index in [-0.39, 0.29) is 18.4 Å². The number of carbonyl (C=O) groups is 2. The lowest BCUT2D eigenvalue weighted by Gasteiger charge is -2.32. The molecule has 0 spiro atoms. The molecule has 0 radical (unpaired) electrons. The highest BCUT2D eigenvalue weighted by molar-refractivity contribution is 5.94. The zero-order valence-corrected chi connectivity index (χ0v) is 19.6. The fourth-order valence-electron chi connectivity index (χ4n) is 4.82. The van der Waals surface area contributed by atoms with Gasteiger partial charge in [-0.05, 0) is 43.5 Å². The Morgan fingerprint density at radius 3 is 2.44 bits per heavy atom. The maximum Gasteiger partial charge on any atom is 0.275 e. The molecule has 0 atom stereocenters. The van der Waals surface area contributed by atoms with E-state index in [4.69, 9.17) is 5.10 Å². The number of aromatic nitrogens is 3. The Labute approximate surface area is 198 Å². The molecule has 176 valence electrons. The van der Waals surface area contributed by atoms with E-state index in [1.165, 1.54) is 19.4 Å². The topological polar surface area (TPSA) is 91.6 Å². The van der Waals surface area contributed by atoms with Crippen molar-refractivity contribution >= 4 is 11.8 Å². The van der Waals surface area contributed by atoms with E-state index >= 15 is 0 Å². The van der Waals surface area contributed by atoms with Gasteiger partial charge in [0.25, 0.3) is 11.8 Å². The predicted octanol–water partition coefficient (Wildman–Crippen LogP) is 2.18. The van der Waals surface area contributed by atoms with Crippen molar-refractivity contribution in [2.75, 3.05) is 13.1 Å². The second kappa shape index (κ2) is 8.68. The van der Waals surface area contributed by atoms with Gasteiger partial charge >= 0.3 is 0 Å². The highest BCUT2D eigenvalue weighted by Crippen LogP contribution is 2.28. The minimum absolute atomic E-state index is 0.122. The number of nitrogens with zero attached hydrogens (tertiary/aromatic N) is 5. The van der Waals surface area contributed by atoms with Gasteiger partial charge in [-0.15, -0.1) is 0 Å². The van der Waals surface area contributed by atoms with Crippen molar-refractivity contribution in [1.82, 2.24) is 24.6 Å². The molecule has 0 aliphatic carbocycles. The number of aliphatic hydroxyl groups is 1. The van der Waals surface area contributed by atoms with E-state index < -0.39 is 5.60 Å². The van der Waals surface area contributed by atoms with E-state index in [0.717, 1.165) is 28.9 Å². The van der Waals surface area contributed by atoms with Crippen molar-refractivity contribution in [2.45, 2.75) is 51.9 Å². The van der Waals surface area contributed by atoms with Crippen LogP contribution in [-0.4, -0.2) is 60.2 Å². The molecule has 0 saturated carbocycles. The number of carbonyl (C=O) groups excluding carboxylic acids is 2. The highest BCUT2D eigenvalue weighted by atomic mass is 16.3. The number of rotatable bonds is 4. The molecule has 2 aromatic heterocycles. The summed E-state index contributed by atoms with van der Waals surface area (Å²) in [7, 11) is 0. The standard InChI is InChI=1S/C26H29N5O3/c1-26(2,34)25(33)30-14-11-22-21(17-30)23(28-31(22)16-20-9-5-6-12-27-20)24(32)29-13-10-18-7-3-4-8-19(18)15-29/h3-9,12,34H,10-11,13-17H2,1-2H3. The first-order valence-corrected chi connectivity index (χ1v) is 11.7. The summed E-state index contributed by atoms with van der Waals surface area (Å²) in [6, 6.07) is 13.9. The third kappa shape index (κ3) is 4.21. The normalized spacial score (nSPS) is 15.6. The molecule has 2 aliphatic rings. The molecular weight excluding hydrogens is 430 g/mol. The molecule has 1 aromatic carbocycles. The first kappa shape index (κ1) is 22.3. The van der Waals surface area contributed by atoms with Gasteiger partial charge in [0, 0.05) is 50.1 Å². The van der Waals surface area contributed by atoms with Gasteiger partial charge in [0.05, 0.1) is 12.2 Å². The lowest BCUT2D eigenvalue weighted by atomic mass is 9.98. The predicted molar refractivity (Wildman–Crippen MR) is 126 cm³/mol. The molecule has 2 amide bonds. The lowest BCUT2D eigenvalue weighted by molar-refractivity contribution is -0.148. The molecule has 4 heterocycles. The van der Waals surface area contributed by atoms with Crippen LogP contribution in [0.1, 0.15) is 52.4 Å². The van der Waals surface area contributed by atoms with Gasteiger partial charge in [0.15, 0.2) is 5.69 Å². The summed E-state index contributed by atoms with van der Waals surface area (Å²) >= 11 is 0. The van der Waals surface area contributed by atoms with Crippen molar-refractivity contribution in [2.24, 2.45) is 0 Å². The molecule has 34 heavy (non-hydrogen) atoms. The minimum atomic E-state index is -1.47. The Morgan fingerprint density at radius 1 is 0.971 bits per heavy atom. The van der Waals surface area contributed by atoms with E-state index in [1.807, 2.05) is 39.9 Å². The second-order valence-electron chi connectivity index (χ2n) is 9.53. The Morgan fingerprint density at radius 2 is 1.71 bits per heavy atom. The molecule has 5 rings (SSSR count). The van der Waals surface area contributed by atoms with Crippen LogP contribution in [0.4, 0.5) is 0 Å². The molecule has 0 fully saturated rings. The largest absolute Gasteiger partial charge is 0.381 e. The third-order valence-electron chi connectivity index (χ3n) is 6.60. The van der Waals surface area contributed by atoms with E-state index in [2.05, 4.69) is 17.1 Å². The number of amides is 2. The maximum atomic E-state index is 13.7. The lowest BCUT2D eigenvalue weighted by Crippen LogP contribution is -2.47. The van der Waals surface area contributed by atoms with E-state index in [9.17, 15) is 14.7 Å². The summed E-state index contributed by atoms with van der Waals surface area (Å²) in [5.74, 6) is -0.469. The maximum absolute atomic E-state index is 13.7. The zero-order chi connectivity index (χ0) is 23.9. The van der Waals surface area contributed by atoms with E-state index in [0.29, 0.717) is 38.3 Å². The van der Waals surface area contributed by atoms with Gasteiger partial charge in [0.1, 0.15) is 5.60 Å². The summed E-state index contributed by atoms with van der Waals surface area (Å²) in [6.45, 7) is 5.34. The van der Waals surface area contributed by atoms with Gasteiger partial charge in [-0.25, -0.2) is 0 Å². The number of hydrogen-bond acceptors (Lipinski definition) is 5. The smallest absolute Gasteiger partial charge is 0.275 e. The molecule has 0 saturated heterocycles. The summed E-state index contributed by atoms with van der Waals surface area (Å²) in [4.78, 5) is 34.4. The van der Waals surface area contributed by atoms with Crippen LogP contribution in [-0.2, 0) is 37.3 Å². The number of benzene rings is 1. The summed E-state index contributed by atoms with van der Waals surface area (Å²) < 4.78 is 1.86. The van der Waals surface area contributed by atoms with Crippen molar-refractivity contribution in [3.05, 3.63) is 82.4 Å². The molecular formula is C26H29N5O3. The molecule has 0 bridgehead atoms. The Balaban J connectivity index is 1.49. The van der Waals surface area contributed by atoms with Gasteiger partial charge in [-0.1, -0.05) is 30.3 Å². The number of hydrogen-bond donors (Lipinski definition) is 1. The van der Waals surface area contributed by atoms with Gasteiger partial charge in [0.2, 0.25) is 0 Å². The Kier molecular flexibility index (Phi) is 5.69. The summed E-state index contributed by atoms with van der Waals surface area (Å²) in [5.41, 5.74) is 3.92. The molecule has 0 unspecified atom stereocenters. The summed E-state index contributed by atoms with van der Waals surface area (Å²) in [5, 5.41) is 15.0. The Bertz CT molecular complexity index is 1230. The Hall–Kier alpha value is -3.52.